The number of carbonyl (C=O) groups excluding carboxylic acids is 1. The number of ether oxygens (including phenoxy) is 1. The quantitative estimate of drug-likeness (QED) is 0.743. The van der Waals surface area contributed by atoms with Crippen LogP contribution in [0.4, 0.5) is 0 Å². The first kappa shape index (κ1) is 10.3. The average Bonchev–Trinajstić information content (AvgIpc) is 2.28. The van der Waals surface area contributed by atoms with Crippen molar-refractivity contribution in [2.75, 3.05) is 6.61 Å². The van der Waals surface area contributed by atoms with Crippen LogP contribution in [-0.4, -0.2) is 27.8 Å². The number of aromatic nitrogens is 3. The number of nitrogens with one attached hydrogen (secondary N) is 1. The van der Waals surface area contributed by atoms with Gasteiger partial charge in [0.1, 0.15) is 5.56 Å². The van der Waals surface area contributed by atoms with Crippen molar-refractivity contribution >= 4 is 17.0 Å². The van der Waals surface area contributed by atoms with E-state index in [0.717, 1.165) is 0 Å². The first-order chi connectivity index (χ1) is 7.72. The van der Waals surface area contributed by atoms with Gasteiger partial charge in [0.25, 0.3) is 5.56 Å². The minimum Gasteiger partial charge on any atom is -0.462 e. The van der Waals surface area contributed by atoms with E-state index in [2.05, 4.69) is 15.2 Å². The standard InChI is InChI=1S/C10H9N3O3/c1-2-16-10(15)7-5-6-3-4-11-13-8(6)12-9(7)14/h3-5H,2H2,1H3,(H,12,13,14). The zero-order chi connectivity index (χ0) is 11.5. The summed E-state index contributed by atoms with van der Waals surface area (Å²) < 4.78 is 4.76. The number of H-pyrrole nitrogens is 1. The van der Waals surface area contributed by atoms with Crippen LogP contribution in [0.3, 0.4) is 0 Å². The maximum absolute atomic E-state index is 11.5. The topological polar surface area (TPSA) is 84.9 Å². The van der Waals surface area contributed by atoms with E-state index < -0.39 is 11.5 Å². The van der Waals surface area contributed by atoms with Crippen molar-refractivity contribution in [2.45, 2.75) is 6.92 Å². The van der Waals surface area contributed by atoms with Crippen LogP contribution in [0.15, 0.2) is 23.1 Å². The molecule has 0 spiro atoms. The molecular formula is C10H9N3O3. The lowest BCUT2D eigenvalue weighted by Gasteiger charge is -2.01. The number of pyridine rings is 1. The molecule has 0 saturated carbocycles. The van der Waals surface area contributed by atoms with Gasteiger partial charge in [-0.15, -0.1) is 5.10 Å². The fourth-order valence-corrected chi connectivity index (χ4v) is 1.31. The molecule has 0 bridgehead atoms. The highest BCUT2D eigenvalue weighted by atomic mass is 16.5. The van der Waals surface area contributed by atoms with E-state index in [1.165, 1.54) is 12.3 Å². The van der Waals surface area contributed by atoms with E-state index in [9.17, 15) is 9.59 Å². The summed E-state index contributed by atoms with van der Waals surface area (Å²) in [6.07, 6.45) is 1.48. The zero-order valence-corrected chi connectivity index (χ0v) is 8.56. The lowest BCUT2D eigenvalue weighted by Crippen LogP contribution is -2.19. The fourth-order valence-electron chi connectivity index (χ4n) is 1.31. The van der Waals surface area contributed by atoms with Crippen molar-refractivity contribution < 1.29 is 9.53 Å². The zero-order valence-electron chi connectivity index (χ0n) is 8.56. The molecular weight excluding hydrogens is 210 g/mol. The molecule has 2 aromatic heterocycles. The van der Waals surface area contributed by atoms with Crippen molar-refractivity contribution in [3.8, 4) is 0 Å². The molecule has 16 heavy (non-hydrogen) atoms. The van der Waals surface area contributed by atoms with Crippen LogP contribution in [0.25, 0.3) is 11.0 Å². The Labute approximate surface area is 90.3 Å². The Bertz CT molecular complexity index is 591. The Morgan fingerprint density at radius 3 is 3.12 bits per heavy atom. The molecule has 0 unspecified atom stereocenters. The smallest absolute Gasteiger partial charge is 0.343 e. The van der Waals surface area contributed by atoms with Crippen molar-refractivity contribution in [1.82, 2.24) is 15.2 Å². The lowest BCUT2D eigenvalue weighted by atomic mass is 10.2. The maximum Gasteiger partial charge on any atom is 0.343 e. The summed E-state index contributed by atoms with van der Waals surface area (Å²) in [6.45, 7) is 1.91. The number of nitrogens with zero attached hydrogens (tertiary/aromatic N) is 2. The molecule has 0 aliphatic heterocycles. The van der Waals surface area contributed by atoms with E-state index in [0.29, 0.717) is 11.0 Å². The molecule has 0 amide bonds. The third kappa shape index (κ3) is 1.77. The second kappa shape index (κ2) is 4.09. The third-order valence-electron chi connectivity index (χ3n) is 2.02. The van der Waals surface area contributed by atoms with Crippen molar-refractivity contribution in [3.63, 3.8) is 0 Å². The largest absolute Gasteiger partial charge is 0.462 e. The van der Waals surface area contributed by atoms with Crippen molar-refractivity contribution in [1.29, 1.82) is 0 Å². The van der Waals surface area contributed by atoms with Gasteiger partial charge in [-0.3, -0.25) is 4.79 Å². The predicted octanol–water partition coefficient (Wildman–Crippen LogP) is 0.495. The van der Waals surface area contributed by atoms with E-state index in [4.69, 9.17) is 4.74 Å². The van der Waals surface area contributed by atoms with E-state index in [1.54, 1.807) is 13.0 Å². The van der Waals surface area contributed by atoms with Gasteiger partial charge in [0, 0.05) is 5.39 Å². The number of rotatable bonds is 2. The number of carbonyl (C=O) groups is 1. The monoisotopic (exact) mass is 219 g/mol. The van der Waals surface area contributed by atoms with Gasteiger partial charge in [-0.2, -0.15) is 5.10 Å². The molecule has 0 aromatic carbocycles. The molecule has 6 nitrogen and oxygen atoms in total. The highest BCUT2D eigenvalue weighted by Gasteiger charge is 2.12. The van der Waals surface area contributed by atoms with E-state index in [-0.39, 0.29) is 12.2 Å². The van der Waals surface area contributed by atoms with Crippen LogP contribution in [-0.2, 0) is 4.74 Å². The number of hydrogen-bond acceptors (Lipinski definition) is 5. The van der Waals surface area contributed by atoms with E-state index in [1.807, 2.05) is 0 Å². The van der Waals surface area contributed by atoms with Crippen molar-refractivity contribution in [2.24, 2.45) is 0 Å². The summed E-state index contributed by atoms with van der Waals surface area (Å²) in [5.41, 5.74) is -0.200. The molecule has 0 aliphatic rings. The van der Waals surface area contributed by atoms with Crippen LogP contribution in [0.1, 0.15) is 17.3 Å². The highest BCUT2D eigenvalue weighted by Crippen LogP contribution is 2.06. The number of esters is 1. The Kier molecular flexibility index (Phi) is 2.63. The Morgan fingerprint density at radius 1 is 1.56 bits per heavy atom. The first-order valence-corrected chi connectivity index (χ1v) is 4.74. The van der Waals surface area contributed by atoms with Gasteiger partial charge < -0.3 is 9.72 Å². The molecule has 82 valence electrons. The normalized spacial score (nSPS) is 10.3. The minimum atomic E-state index is -0.637. The van der Waals surface area contributed by atoms with Crippen LogP contribution < -0.4 is 5.56 Å². The van der Waals surface area contributed by atoms with Crippen molar-refractivity contribution in [3.05, 3.63) is 34.2 Å². The predicted molar refractivity (Wildman–Crippen MR) is 56.1 cm³/mol. The Balaban J connectivity index is 2.58. The van der Waals surface area contributed by atoms with Crippen LogP contribution in [0, 0.1) is 0 Å². The molecule has 1 N–H and O–H groups in total. The Morgan fingerprint density at radius 2 is 2.38 bits per heavy atom. The molecule has 0 aliphatic carbocycles. The maximum atomic E-state index is 11.5. The second-order valence-electron chi connectivity index (χ2n) is 3.07. The summed E-state index contributed by atoms with van der Waals surface area (Å²) in [5, 5.41) is 8.00. The van der Waals surface area contributed by atoms with E-state index >= 15 is 0 Å². The minimum absolute atomic E-state index is 0.0256. The molecule has 2 aromatic rings. The van der Waals surface area contributed by atoms with Crippen LogP contribution in [0.2, 0.25) is 0 Å². The van der Waals surface area contributed by atoms with Gasteiger partial charge in [0.2, 0.25) is 0 Å². The third-order valence-corrected chi connectivity index (χ3v) is 2.02. The average molecular weight is 219 g/mol. The molecule has 0 atom stereocenters. The number of aromatic amines is 1. The molecule has 2 rings (SSSR count). The van der Waals surface area contributed by atoms with Crippen LogP contribution >= 0.6 is 0 Å². The fraction of sp³-hybridized carbons (Fsp3) is 0.200. The number of hydrogen-bond donors (Lipinski definition) is 1. The summed E-state index contributed by atoms with van der Waals surface area (Å²) in [6, 6.07) is 3.10. The van der Waals surface area contributed by atoms with Gasteiger partial charge in [-0.25, -0.2) is 4.79 Å². The van der Waals surface area contributed by atoms with Gasteiger partial charge in [-0.1, -0.05) is 0 Å². The summed E-state index contributed by atoms with van der Waals surface area (Å²) >= 11 is 0. The van der Waals surface area contributed by atoms with Crippen LogP contribution in [0.5, 0.6) is 0 Å². The van der Waals surface area contributed by atoms with Gasteiger partial charge in [0.05, 0.1) is 12.8 Å². The highest BCUT2D eigenvalue weighted by molar-refractivity contribution is 5.92. The Hall–Kier alpha value is -2.24. The van der Waals surface area contributed by atoms with Gasteiger partial charge in [0.15, 0.2) is 5.65 Å². The molecule has 6 heteroatoms. The van der Waals surface area contributed by atoms with Gasteiger partial charge >= 0.3 is 5.97 Å². The SMILES string of the molecule is CCOC(=O)c1cc2ccnnc2[nH]c1=O. The molecule has 2 heterocycles. The number of fused-ring (bicyclic) bond motifs is 1. The summed E-state index contributed by atoms with van der Waals surface area (Å²) in [4.78, 5) is 25.4. The first-order valence-electron chi connectivity index (χ1n) is 4.74. The second-order valence-corrected chi connectivity index (χ2v) is 3.07. The van der Waals surface area contributed by atoms with Gasteiger partial charge in [-0.05, 0) is 19.1 Å². The molecule has 0 radical (unpaired) electrons. The summed E-state index contributed by atoms with van der Waals surface area (Å²) in [7, 11) is 0. The lowest BCUT2D eigenvalue weighted by molar-refractivity contribution is 0.0524. The molecule has 0 saturated heterocycles. The summed E-state index contributed by atoms with van der Waals surface area (Å²) in [5.74, 6) is -0.637. The molecule has 0 fully saturated rings.